The van der Waals surface area contributed by atoms with Gasteiger partial charge in [0.15, 0.2) is 5.78 Å². The zero-order chi connectivity index (χ0) is 14.0. The first kappa shape index (κ1) is 13.5. The van der Waals surface area contributed by atoms with Gasteiger partial charge in [0, 0.05) is 23.8 Å². The Labute approximate surface area is 115 Å². The fourth-order valence-electron chi connectivity index (χ4n) is 2.05. The molecule has 0 radical (unpaired) electrons. The van der Waals surface area contributed by atoms with Crippen molar-refractivity contribution in [2.24, 2.45) is 0 Å². The quantitative estimate of drug-likeness (QED) is 0.677. The minimum atomic E-state index is -0.527. The van der Waals surface area contributed by atoms with Gasteiger partial charge in [0.05, 0.1) is 10.6 Å². The summed E-state index contributed by atoms with van der Waals surface area (Å²) < 4.78 is 0. The Morgan fingerprint density at radius 2 is 2.11 bits per heavy atom. The third-order valence-electron chi connectivity index (χ3n) is 3.16. The first-order valence-electron chi connectivity index (χ1n) is 5.93. The Bertz CT molecular complexity index is 581. The molecular formula is C13H13ClN2O3. The number of ketones is 1. The number of halogens is 1. The lowest BCUT2D eigenvalue weighted by Crippen LogP contribution is -2.14. The second kappa shape index (κ2) is 5.40. The molecule has 6 heteroatoms. The molecule has 0 saturated carbocycles. The van der Waals surface area contributed by atoms with Crippen molar-refractivity contribution >= 4 is 28.8 Å². The molecule has 1 aromatic rings. The highest BCUT2D eigenvalue weighted by Gasteiger charge is 2.20. The Kier molecular flexibility index (Phi) is 3.85. The number of nitrogens with one attached hydrogen (secondary N) is 1. The van der Waals surface area contributed by atoms with Crippen molar-refractivity contribution in [1.82, 2.24) is 0 Å². The van der Waals surface area contributed by atoms with Gasteiger partial charge in [-0.25, -0.2) is 0 Å². The molecule has 0 amide bonds. The van der Waals surface area contributed by atoms with Crippen molar-refractivity contribution in [3.63, 3.8) is 0 Å². The third kappa shape index (κ3) is 2.76. The molecule has 1 aliphatic rings. The van der Waals surface area contributed by atoms with Crippen LogP contribution in [0.5, 0.6) is 0 Å². The summed E-state index contributed by atoms with van der Waals surface area (Å²) in [5.74, 6) is 0.107. The SMILES string of the molecule is CC1=C(Nc2cccc([N+](=O)[O-])c2Cl)CCCC1=O. The second-order valence-corrected chi connectivity index (χ2v) is 4.78. The molecule has 0 fully saturated rings. The molecule has 0 bridgehead atoms. The highest BCUT2D eigenvalue weighted by atomic mass is 35.5. The summed E-state index contributed by atoms with van der Waals surface area (Å²) in [6.45, 7) is 1.76. The van der Waals surface area contributed by atoms with E-state index in [9.17, 15) is 14.9 Å². The predicted molar refractivity (Wildman–Crippen MR) is 73.3 cm³/mol. The van der Waals surface area contributed by atoms with E-state index in [4.69, 9.17) is 11.6 Å². The largest absolute Gasteiger partial charge is 0.357 e. The molecular weight excluding hydrogens is 268 g/mol. The van der Waals surface area contributed by atoms with E-state index in [1.165, 1.54) is 6.07 Å². The number of anilines is 1. The fraction of sp³-hybridized carbons (Fsp3) is 0.308. The van der Waals surface area contributed by atoms with Crippen LogP contribution in [0.15, 0.2) is 29.5 Å². The minimum Gasteiger partial charge on any atom is -0.357 e. The number of hydrogen-bond acceptors (Lipinski definition) is 4. The van der Waals surface area contributed by atoms with Crippen molar-refractivity contribution in [2.75, 3.05) is 5.32 Å². The molecule has 100 valence electrons. The van der Waals surface area contributed by atoms with Gasteiger partial charge in [-0.15, -0.1) is 0 Å². The number of nitro groups is 1. The van der Waals surface area contributed by atoms with Crippen LogP contribution in [0.2, 0.25) is 5.02 Å². The average Bonchev–Trinajstić information content (AvgIpc) is 2.37. The summed E-state index contributed by atoms with van der Waals surface area (Å²) in [6, 6.07) is 4.57. The van der Waals surface area contributed by atoms with Gasteiger partial charge in [0.25, 0.3) is 5.69 Å². The van der Waals surface area contributed by atoms with Gasteiger partial charge in [0.2, 0.25) is 0 Å². The Morgan fingerprint density at radius 3 is 2.79 bits per heavy atom. The molecule has 5 nitrogen and oxygen atoms in total. The maximum absolute atomic E-state index is 11.6. The van der Waals surface area contributed by atoms with E-state index < -0.39 is 4.92 Å². The molecule has 0 heterocycles. The number of carbonyl (C=O) groups excluding carboxylic acids is 1. The normalized spacial score (nSPS) is 15.6. The number of hydrogen-bond donors (Lipinski definition) is 1. The molecule has 19 heavy (non-hydrogen) atoms. The van der Waals surface area contributed by atoms with Crippen LogP contribution in [-0.4, -0.2) is 10.7 Å². The molecule has 1 aromatic carbocycles. The lowest BCUT2D eigenvalue weighted by atomic mass is 9.96. The lowest BCUT2D eigenvalue weighted by molar-refractivity contribution is -0.384. The molecule has 1 N–H and O–H groups in total. The zero-order valence-electron chi connectivity index (χ0n) is 10.4. The number of nitro benzene ring substituents is 1. The first-order valence-corrected chi connectivity index (χ1v) is 6.31. The van der Waals surface area contributed by atoms with Crippen molar-refractivity contribution in [3.05, 3.63) is 44.6 Å². The number of nitrogens with zero attached hydrogens (tertiary/aromatic N) is 1. The topological polar surface area (TPSA) is 72.2 Å². The number of Topliss-reactive ketones (excluding diaryl/α,β-unsaturated/α-hetero) is 1. The van der Waals surface area contributed by atoms with Crippen molar-refractivity contribution in [2.45, 2.75) is 26.2 Å². The Morgan fingerprint density at radius 1 is 1.37 bits per heavy atom. The van der Waals surface area contributed by atoms with E-state index in [0.29, 0.717) is 17.7 Å². The molecule has 0 atom stereocenters. The smallest absolute Gasteiger partial charge is 0.290 e. The van der Waals surface area contributed by atoms with Crippen LogP contribution < -0.4 is 5.32 Å². The average molecular weight is 281 g/mol. The first-order chi connectivity index (χ1) is 9.00. The second-order valence-electron chi connectivity index (χ2n) is 4.40. The van der Waals surface area contributed by atoms with Crippen LogP contribution in [0.3, 0.4) is 0 Å². The third-order valence-corrected chi connectivity index (χ3v) is 3.56. The van der Waals surface area contributed by atoms with Gasteiger partial charge in [-0.2, -0.15) is 0 Å². The van der Waals surface area contributed by atoms with Crippen LogP contribution in [0.4, 0.5) is 11.4 Å². The van der Waals surface area contributed by atoms with E-state index in [-0.39, 0.29) is 16.5 Å². The molecule has 0 aliphatic heterocycles. The summed E-state index contributed by atoms with van der Waals surface area (Å²) in [7, 11) is 0. The molecule has 0 aromatic heterocycles. The number of carbonyl (C=O) groups is 1. The van der Waals surface area contributed by atoms with Gasteiger partial charge < -0.3 is 5.32 Å². The summed E-state index contributed by atoms with van der Waals surface area (Å²) in [5.41, 5.74) is 1.78. The van der Waals surface area contributed by atoms with Gasteiger partial charge in [-0.1, -0.05) is 17.7 Å². The minimum absolute atomic E-state index is 0.0609. The van der Waals surface area contributed by atoms with Crippen LogP contribution in [0, 0.1) is 10.1 Å². The summed E-state index contributed by atoms with van der Waals surface area (Å²) in [6.07, 6.45) is 2.08. The molecule has 0 spiro atoms. The highest BCUT2D eigenvalue weighted by molar-refractivity contribution is 6.35. The fourth-order valence-corrected chi connectivity index (χ4v) is 2.29. The van der Waals surface area contributed by atoms with E-state index >= 15 is 0 Å². The Hall–Kier alpha value is -1.88. The van der Waals surface area contributed by atoms with Gasteiger partial charge >= 0.3 is 0 Å². The van der Waals surface area contributed by atoms with E-state index in [1.807, 2.05) is 0 Å². The summed E-state index contributed by atoms with van der Waals surface area (Å²) in [5, 5.41) is 13.9. The highest BCUT2D eigenvalue weighted by Crippen LogP contribution is 2.34. The van der Waals surface area contributed by atoms with E-state index in [1.54, 1.807) is 19.1 Å². The number of rotatable bonds is 3. The van der Waals surface area contributed by atoms with Crippen molar-refractivity contribution in [1.29, 1.82) is 0 Å². The summed E-state index contributed by atoms with van der Waals surface area (Å²) in [4.78, 5) is 21.9. The number of benzene rings is 1. The van der Waals surface area contributed by atoms with Gasteiger partial charge in [-0.05, 0) is 25.8 Å². The van der Waals surface area contributed by atoms with Crippen LogP contribution in [0.1, 0.15) is 26.2 Å². The number of allylic oxidation sites excluding steroid dienone is 2. The maximum atomic E-state index is 11.6. The maximum Gasteiger partial charge on any atom is 0.290 e. The van der Waals surface area contributed by atoms with Crippen molar-refractivity contribution < 1.29 is 9.72 Å². The molecule has 1 aliphatic carbocycles. The van der Waals surface area contributed by atoms with Crippen LogP contribution in [0.25, 0.3) is 0 Å². The monoisotopic (exact) mass is 280 g/mol. The van der Waals surface area contributed by atoms with Crippen molar-refractivity contribution in [3.8, 4) is 0 Å². The molecule has 0 saturated heterocycles. The zero-order valence-corrected chi connectivity index (χ0v) is 11.2. The van der Waals surface area contributed by atoms with Crippen LogP contribution >= 0.6 is 11.6 Å². The summed E-state index contributed by atoms with van der Waals surface area (Å²) >= 11 is 6.00. The van der Waals surface area contributed by atoms with Gasteiger partial charge in [0.1, 0.15) is 5.02 Å². The lowest BCUT2D eigenvalue weighted by Gasteiger charge is -2.19. The molecule has 2 rings (SSSR count). The Balaban J connectivity index is 2.34. The van der Waals surface area contributed by atoms with E-state index in [0.717, 1.165) is 18.5 Å². The van der Waals surface area contributed by atoms with E-state index in [2.05, 4.69) is 5.32 Å². The van der Waals surface area contributed by atoms with Crippen LogP contribution in [-0.2, 0) is 4.79 Å². The predicted octanol–water partition coefficient (Wildman–Crippen LogP) is 3.69. The molecule has 0 unspecified atom stereocenters. The standard InChI is InChI=1S/C13H13ClN2O3/c1-8-9(4-3-7-12(8)17)15-10-5-2-6-11(13(10)14)16(18)19/h2,5-6,15H,3-4,7H2,1H3. The van der Waals surface area contributed by atoms with Gasteiger partial charge in [-0.3, -0.25) is 14.9 Å².